The summed E-state index contributed by atoms with van der Waals surface area (Å²) in [6.07, 6.45) is 20.4. The Morgan fingerprint density at radius 2 is 1.72 bits per heavy atom. The maximum atomic E-state index is 14.0. The van der Waals surface area contributed by atoms with Gasteiger partial charge in [0.25, 0.3) is 5.91 Å². The summed E-state index contributed by atoms with van der Waals surface area (Å²) < 4.78 is 13.3. The number of ketones is 1. The van der Waals surface area contributed by atoms with Gasteiger partial charge in [-0.05, 0) is 184 Å². The van der Waals surface area contributed by atoms with Gasteiger partial charge in [-0.2, -0.15) is 0 Å². The van der Waals surface area contributed by atoms with Gasteiger partial charge in [-0.25, -0.2) is 0 Å². The smallest absolute Gasteiger partial charge is 0.254 e. The first kappa shape index (κ1) is 49.1. The van der Waals surface area contributed by atoms with E-state index in [4.69, 9.17) is 19.5 Å². The van der Waals surface area contributed by atoms with Crippen molar-refractivity contribution in [2.24, 2.45) is 16.8 Å². The molecular weight excluding hydrogens is 833 g/mol. The van der Waals surface area contributed by atoms with Gasteiger partial charge in [0.05, 0.1) is 23.1 Å². The Morgan fingerprint density at radius 1 is 1.02 bits per heavy atom. The molecule has 3 atom stereocenters. The highest BCUT2D eigenvalue weighted by Gasteiger charge is 2.32. The van der Waals surface area contributed by atoms with Crippen molar-refractivity contribution in [1.29, 1.82) is 0 Å². The summed E-state index contributed by atoms with van der Waals surface area (Å²) in [5.74, 6) is 2.39. The van der Waals surface area contributed by atoms with Gasteiger partial charge in [0, 0.05) is 47.2 Å². The summed E-state index contributed by atoms with van der Waals surface area (Å²) in [4.78, 5) is 41.3. The zero-order valence-electron chi connectivity index (χ0n) is 40.0. The van der Waals surface area contributed by atoms with Crippen molar-refractivity contribution < 1.29 is 19.1 Å². The Kier molecular flexibility index (Phi) is 17.4. The second-order valence-corrected chi connectivity index (χ2v) is 21.7. The van der Waals surface area contributed by atoms with Crippen LogP contribution in [0.25, 0.3) is 0 Å². The van der Waals surface area contributed by atoms with Crippen LogP contribution in [0.2, 0.25) is 0 Å². The number of hydrogen-bond acceptors (Lipinski definition) is 9. The maximum Gasteiger partial charge on any atom is 0.254 e. The van der Waals surface area contributed by atoms with Gasteiger partial charge in [0.15, 0.2) is 5.78 Å². The Morgan fingerprint density at radius 3 is 2.39 bits per heavy atom. The molecule has 1 saturated carbocycles. The topological polar surface area (TPSA) is 84.3 Å². The van der Waals surface area contributed by atoms with Crippen LogP contribution >= 0.6 is 21.6 Å². The Labute approximate surface area is 391 Å². The van der Waals surface area contributed by atoms with Crippen LogP contribution in [-0.4, -0.2) is 76.4 Å². The van der Waals surface area contributed by atoms with Gasteiger partial charge in [-0.3, -0.25) is 19.6 Å². The number of amides is 1. The predicted molar refractivity (Wildman–Crippen MR) is 269 cm³/mol. The number of allylic oxidation sites excluding steroid dienone is 3. The standard InChI is InChI=1S/C54H70N4O4S2/c1-11-39-20-21-42(13-3)44(25-39)31-55-50-30-52(36(4)23-48(50)38(6)59)62-34-46-27-41(17-16-22-57(9)35-54(7,8)64-63-10)26-45(56-46)33-61-51-29-43-18-14-15-19-47-28-40(12-2)32-58(47)53(60)49(43)24-37(51)5/h11-12,14,19,23-24,26-27,29-31,42,44,47H,13,16-18,20-22,25,28,32-35H2,1-10H3/b39-11-,40-12+,55-31?. The van der Waals surface area contributed by atoms with E-state index in [1.54, 1.807) is 6.92 Å². The molecule has 3 unspecified atom stereocenters. The summed E-state index contributed by atoms with van der Waals surface area (Å²) in [6.45, 7) is 19.8. The molecule has 3 aliphatic rings. The van der Waals surface area contributed by atoms with Gasteiger partial charge in [-0.15, -0.1) is 5.73 Å². The molecule has 1 aromatic heterocycles. The molecule has 0 bridgehead atoms. The number of fused-ring (bicyclic) bond motifs is 2. The van der Waals surface area contributed by atoms with E-state index in [9.17, 15) is 9.59 Å². The van der Waals surface area contributed by atoms with Crippen LogP contribution in [0.3, 0.4) is 0 Å². The van der Waals surface area contributed by atoms with Crippen LogP contribution in [0.5, 0.6) is 11.5 Å². The summed E-state index contributed by atoms with van der Waals surface area (Å²) in [6, 6.07) is 12.2. The molecule has 2 aromatic carbocycles. The molecule has 1 amide bonds. The number of ether oxygens (including phenoxy) is 2. The van der Waals surface area contributed by atoms with Crippen molar-refractivity contribution in [3.63, 3.8) is 0 Å². The van der Waals surface area contributed by atoms with Gasteiger partial charge in [0.1, 0.15) is 24.7 Å². The molecule has 0 spiro atoms. The molecule has 0 N–H and O–H groups in total. The number of Topliss-reactive ketones (excluding diaryl/α,β-unsaturated/α-hetero) is 1. The van der Waals surface area contributed by atoms with Crippen molar-refractivity contribution in [2.75, 3.05) is 32.9 Å². The lowest BCUT2D eigenvalue weighted by Crippen LogP contribution is -2.34. The fourth-order valence-corrected chi connectivity index (χ4v) is 11.7. The van der Waals surface area contributed by atoms with Gasteiger partial charge in [0.2, 0.25) is 0 Å². The van der Waals surface area contributed by atoms with E-state index in [1.165, 1.54) is 23.1 Å². The summed E-state index contributed by atoms with van der Waals surface area (Å²) in [5.41, 5.74) is 13.6. The number of rotatable bonds is 18. The largest absolute Gasteiger partial charge is 0.487 e. The zero-order chi connectivity index (χ0) is 46.0. The molecule has 3 aromatic rings. The minimum Gasteiger partial charge on any atom is -0.487 e. The number of benzene rings is 2. The molecule has 64 heavy (non-hydrogen) atoms. The minimum absolute atomic E-state index is 0.0123. The van der Waals surface area contributed by atoms with Gasteiger partial charge >= 0.3 is 0 Å². The first-order valence-electron chi connectivity index (χ1n) is 23.2. The van der Waals surface area contributed by atoms with Crippen LogP contribution < -0.4 is 9.47 Å². The van der Waals surface area contributed by atoms with Crippen molar-refractivity contribution in [2.45, 2.75) is 131 Å². The zero-order valence-corrected chi connectivity index (χ0v) is 41.6. The third kappa shape index (κ3) is 12.9. The van der Waals surface area contributed by atoms with Crippen LogP contribution in [-0.2, 0) is 26.1 Å². The fraction of sp³-hybridized carbons (Fsp3) is 0.500. The van der Waals surface area contributed by atoms with Crippen LogP contribution in [0.1, 0.15) is 134 Å². The molecule has 1 saturated heterocycles. The predicted octanol–water partition coefficient (Wildman–Crippen LogP) is 12.6. The van der Waals surface area contributed by atoms with E-state index in [0.29, 0.717) is 41.8 Å². The Balaban J connectivity index is 1.23. The highest BCUT2D eigenvalue weighted by molar-refractivity contribution is 8.77. The molecule has 2 aliphatic heterocycles. The monoisotopic (exact) mass is 902 g/mol. The van der Waals surface area contributed by atoms with Crippen molar-refractivity contribution in [3.8, 4) is 11.5 Å². The SMILES string of the molecule is C/C=C1/CCC(CC)C(C=Nc2cc(OCc3cc(CCCN(C)CC(C)(C)SSC)cc(COc4cc5c(cc4C)C(=O)N4C/C(=C/C)CC4C=C=CC5)n3)c(C)cc2C(C)=O)C1. The van der Waals surface area contributed by atoms with Crippen molar-refractivity contribution in [1.82, 2.24) is 14.8 Å². The fourth-order valence-electron chi connectivity index (χ4n) is 9.46. The number of aliphatic imine (C=N–C) groups is 1. The number of hydrogen-bond donors (Lipinski definition) is 0. The third-order valence-corrected chi connectivity index (χ3v) is 15.5. The average molecular weight is 903 g/mol. The lowest BCUT2D eigenvalue weighted by atomic mass is 9.76. The molecule has 8 nitrogen and oxygen atoms in total. The minimum atomic E-state index is -0.0123. The van der Waals surface area contributed by atoms with E-state index >= 15 is 0 Å². The summed E-state index contributed by atoms with van der Waals surface area (Å²) in [7, 11) is 5.94. The second-order valence-electron chi connectivity index (χ2n) is 18.5. The Bertz CT molecular complexity index is 2320. The molecule has 10 heteroatoms. The lowest BCUT2D eigenvalue weighted by Gasteiger charge is -2.30. The number of carbonyl (C=O) groups excluding carboxylic acids is 2. The number of nitrogens with zero attached hydrogens (tertiary/aromatic N) is 4. The van der Waals surface area contributed by atoms with Crippen LogP contribution in [0.15, 0.2) is 82.6 Å². The van der Waals surface area contributed by atoms with Crippen LogP contribution in [0, 0.1) is 25.7 Å². The molecular formula is C54H70N4O4S2. The van der Waals surface area contributed by atoms with E-state index in [0.717, 1.165) is 91.0 Å². The van der Waals surface area contributed by atoms with E-state index < -0.39 is 0 Å². The van der Waals surface area contributed by atoms with E-state index in [1.807, 2.05) is 83.7 Å². The maximum absolute atomic E-state index is 14.0. The number of aromatic nitrogens is 1. The first-order chi connectivity index (χ1) is 30.7. The summed E-state index contributed by atoms with van der Waals surface area (Å²) >= 11 is 0. The summed E-state index contributed by atoms with van der Waals surface area (Å²) in [5, 5.41) is 0. The van der Waals surface area contributed by atoms with Crippen molar-refractivity contribution >= 4 is 45.2 Å². The van der Waals surface area contributed by atoms with Crippen LogP contribution in [0.4, 0.5) is 5.69 Å². The number of aryl methyl sites for hydroxylation is 3. The van der Waals surface area contributed by atoms with Gasteiger partial charge in [-0.1, -0.05) is 58.2 Å². The second kappa shape index (κ2) is 22.7. The average Bonchev–Trinajstić information content (AvgIpc) is 3.70. The quantitative estimate of drug-likeness (QED) is 0.0410. The molecule has 6 rings (SSSR count). The molecule has 3 heterocycles. The number of carbonyl (C=O) groups is 2. The van der Waals surface area contributed by atoms with Crippen molar-refractivity contribution in [3.05, 3.63) is 122 Å². The first-order valence-corrected chi connectivity index (χ1v) is 25.7. The highest BCUT2D eigenvalue weighted by Crippen LogP contribution is 2.37. The Hall–Kier alpha value is -4.34. The third-order valence-electron chi connectivity index (χ3n) is 12.9. The molecule has 2 fully saturated rings. The molecule has 1 aliphatic carbocycles. The van der Waals surface area contributed by atoms with Gasteiger partial charge < -0.3 is 19.3 Å². The lowest BCUT2D eigenvalue weighted by molar-refractivity contribution is 0.0763. The number of pyridine rings is 1. The molecule has 342 valence electrons. The molecule has 0 radical (unpaired) electrons. The van der Waals surface area contributed by atoms with E-state index in [-0.39, 0.29) is 35.7 Å². The highest BCUT2D eigenvalue weighted by atomic mass is 33.1. The van der Waals surface area contributed by atoms with E-state index in [2.05, 4.69) is 82.1 Å². The normalized spacial score (nSPS) is 20.2.